The number of urea groups is 1. The van der Waals surface area contributed by atoms with Gasteiger partial charge in [-0.2, -0.15) is 5.10 Å². The molecule has 2 amide bonds. The average Bonchev–Trinajstić information content (AvgIpc) is 3.17. The summed E-state index contributed by atoms with van der Waals surface area (Å²) in [5.74, 6) is 1.53. The maximum Gasteiger partial charge on any atom is 0.315 e. The molecule has 2 aromatic rings. The third kappa shape index (κ3) is 5.20. The SMILES string of the molecule is C[C@H](NC(=O)NCc1ccc(OC2CCCCC2)cc1)c1ncn[nH]1. The van der Waals surface area contributed by atoms with Gasteiger partial charge in [0.1, 0.15) is 17.9 Å². The normalized spacial score (nSPS) is 16.2. The minimum absolute atomic E-state index is 0.228. The smallest absolute Gasteiger partial charge is 0.315 e. The Morgan fingerprint density at radius 2 is 2.04 bits per heavy atom. The molecule has 0 spiro atoms. The van der Waals surface area contributed by atoms with E-state index in [2.05, 4.69) is 25.8 Å². The zero-order chi connectivity index (χ0) is 17.5. The molecule has 25 heavy (non-hydrogen) atoms. The number of H-pyrrole nitrogens is 1. The first-order valence-corrected chi connectivity index (χ1v) is 8.86. The minimum Gasteiger partial charge on any atom is -0.490 e. The number of carbonyl (C=O) groups is 1. The van der Waals surface area contributed by atoms with Gasteiger partial charge in [0.05, 0.1) is 12.1 Å². The number of hydrogen-bond acceptors (Lipinski definition) is 4. The summed E-state index contributed by atoms with van der Waals surface area (Å²) >= 11 is 0. The fraction of sp³-hybridized carbons (Fsp3) is 0.500. The van der Waals surface area contributed by atoms with Crippen LogP contribution < -0.4 is 15.4 Å². The Hall–Kier alpha value is -2.57. The van der Waals surface area contributed by atoms with Crippen LogP contribution in [0.1, 0.15) is 56.5 Å². The van der Waals surface area contributed by atoms with E-state index in [0.717, 1.165) is 24.2 Å². The van der Waals surface area contributed by atoms with Crippen molar-refractivity contribution >= 4 is 6.03 Å². The first-order chi connectivity index (χ1) is 12.2. The Labute approximate surface area is 147 Å². The van der Waals surface area contributed by atoms with E-state index in [9.17, 15) is 4.79 Å². The number of aromatic amines is 1. The van der Waals surface area contributed by atoms with E-state index in [1.165, 1.54) is 25.6 Å². The summed E-state index contributed by atoms with van der Waals surface area (Å²) in [6, 6.07) is 7.44. The molecule has 1 aliphatic carbocycles. The molecule has 7 nitrogen and oxygen atoms in total. The lowest BCUT2D eigenvalue weighted by Crippen LogP contribution is -2.37. The van der Waals surface area contributed by atoms with Gasteiger partial charge in [0.15, 0.2) is 0 Å². The van der Waals surface area contributed by atoms with Gasteiger partial charge in [-0.15, -0.1) is 0 Å². The van der Waals surface area contributed by atoms with Gasteiger partial charge in [-0.1, -0.05) is 18.6 Å². The highest BCUT2D eigenvalue weighted by Gasteiger charge is 2.15. The predicted octanol–water partition coefficient (Wildman–Crippen LogP) is 3.08. The highest BCUT2D eigenvalue weighted by molar-refractivity contribution is 5.74. The van der Waals surface area contributed by atoms with Crippen LogP contribution >= 0.6 is 0 Å². The van der Waals surface area contributed by atoms with Gasteiger partial charge in [0, 0.05) is 6.54 Å². The van der Waals surface area contributed by atoms with Crippen LogP contribution in [0.5, 0.6) is 5.75 Å². The maximum atomic E-state index is 11.9. The lowest BCUT2D eigenvalue weighted by molar-refractivity contribution is 0.155. The molecule has 1 saturated carbocycles. The van der Waals surface area contributed by atoms with Gasteiger partial charge in [-0.3, -0.25) is 5.10 Å². The van der Waals surface area contributed by atoms with Crippen LogP contribution in [0.4, 0.5) is 4.79 Å². The molecule has 1 fully saturated rings. The topological polar surface area (TPSA) is 91.9 Å². The molecule has 1 aliphatic rings. The third-order valence-corrected chi connectivity index (χ3v) is 4.42. The first kappa shape index (κ1) is 17.3. The fourth-order valence-corrected chi connectivity index (χ4v) is 2.98. The van der Waals surface area contributed by atoms with Crippen LogP contribution in [-0.4, -0.2) is 27.3 Å². The Kier molecular flexibility index (Phi) is 5.87. The second-order valence-corrected chi connectivity index (χ2v) is 6.44. The molecule has 0 aliphatic heterocycles. The van der Waals surface area contributed by atoms with E-state index >= 15 is 0 Å². The van der Waals surface area contributed by atoms with Crippen LogP contribution in [0, 0.1) is 0 Å². The van der Waals surface area contributed by atoms with Gasteiger partial charge in [0.25, 0.3) is 0 Å². The molecular formula is C18H25N5O2. The van der Waals surface area contributed by atoms with E-state index in [4.69, 9.17) is 4.74 Å². The molecule has 134 valence electrons. The number of carbonyl (C=O) groups excluding carboxylic acids is 1. The summed E-state index contributed by atoms with van der Waals surface area (Å²) in [6.45, 7) is 2.30. The monoisotopic (exact) mass is 343 g/mol. The lowest BCUT2D eigenvalue weighted by Gasteiger charge is -2.23. The van der Waals surface area contributed by atoms with Crippen molar-refractivity contribution in [1.82, 2.24) is 25.8 Å². The minimum atomic E-state index is -0.244. The van der Waals surface area contributed by atoms with E-state index in [1.54, 1.807) is 0 Å². The zero-order valence-corrected chi connectivity index (χ0v) is 14.5. The molecule has 3 N–H and O–H groups in total. The molecule has 1 heterocycles. The Balaban J connectivity index is 1.42. The summed E-state index contributed by atoms with van der Waals surface area (Å²) in [5.41, 5.74) is 1.03. The van der Waals surface area contributed by atoms with E-state index in [0.29, 0.717) is 18.5 Å². The van der Waals surface area contributed by atoms with Gasteiger partial charge in [0.2, 0.25) is 0 Å². The zero-order valence-electron chi connectivity index (χ0n) is 14.5. The van der Waals surface area contributed by atoms with Crippen molar-refractivity contribution in [3.05, 3.63) is 42.0 Å². The van der Waals surface area contributed by atoms with Crippen molar-refractivity contribution in [2.75, 3.05) is 0 Å². The van der Waals surface area contributed by atoms with Crippen molar-refractivity contribution in [2.45, 2.75) is 57.7 Å². The molecule has 3 rings (SSSR count). The van der Waals surface area contributed by atoms with Crippen LogP contribution in [0.3, 0.4) is 0 Å². The Morgan fingerprint density at radius 3 is 2.72 bits per heavy atom. The van der Waals surface area contributed by atoms with Crippen LogP contribution in [0.25, 0.3) is 0 Å². The van der Waals surface area contributed by atoms with Gasteiger partial charge < -0.3 is 15.4 Å². The second kappa shape index (κ2) is 8.50. The Morgan fingerprint density at radius 1 is 1.28 bits per heavy atom. The van der Waals surface area contributed by atoms with Crippen LogP contribution in [-0.2, 0) is 6.54 Å². The number of aromatic nitrogens is 3. The molecular weight excluding hydrogens is 318 g/mol. The predicted molar refractivity (Wildman–Crippen MR) is 94.1 cm³/mol. The number of rotatable bonds is 6. The fourth-order valence-electron chi connectivity index (χ4n) is 2.98. The molecule has 7 heteroatoms. The molecule has 0 bridgehead atoms. The van der Waals surface area contributed by atoms with E-state index in [-0.39, 0.29) is 12.1 Å². The van der Waals surface area contributed by atoms with E-state index < -0.39 is 0 Å². The number of hydrogen-bond donors (Lipinski definition) is 3. The Bertz CT molecular complexity index is 651. The number of benzene rings is 1. The first-order valence-electron chi connectivity index (χ1n) is 8.86. The highest BCUT2D eigenvalue weighted by Crippen LogP contribution is 2.23. The molecule has 1 aromatic carbocycles. The number of ether oxygens (including phenoxy) is 1. The van der Waals surface area contributed by atoms with Crippen molar-refractivity contribution in [3.8, 4) is 5.75 Å². The van der Waals surface area contributed by atoms with Crippen molar-refractivity contribution in [3.63, 3.8) is 0 Å². The largest absolute Gasteiger partial charge is 0.490 e. The summed E-state index contributed by atoms with van der Waals surface area (Å²) in [5, 5.41) is 12.2. The molecule has 1 atom stereocenters. The van der Waals surface area contributed by atoms with Crippen molar-refractivity contribution in [1.29, 1.82) is 0 Å². The summed E-state index contributed by atoms with van der Waals surface area (Å²) in [7, 11) is 0. The van der Waals surface area contributed by atoms with Crippen LogP contribution in [0.15, 0.2) is 30.6 Å². The summed E-state index contributed by atoms with van der Waals surface area (Å²) in [6.07, 6.45) is 7.90. The van der Waals surface area contributed by atoms with Crippen molar-refractivity contribution < 1.29 is 9.53 Å². The quantitative estimate of drug-likeness (QED) is 0.751. The number of nitrogens with zero attached hydrogens (tertiary/aromatic N) is 2. The number of nitrogens with one attached hydrogen (secondary N) is 3. The van der Waals surface area contributed by atoms with Crippen LogP contribution in [0.2, 0.25) is 0 Å². The summed E-state index contributed by atoms with van der Waals surface area (Å²) in [4.78, 5) is 16.0. The van der Waals surface area contributed by atoms with Gasteiger partial charge >= 0.3 is 6.03 Å². The lowest BCUT2D eigenvalue weighted by atomic mass is 9.98. The molecule has 0 unspecified atom stereocenters. The van der Waals surface area contributed by atoms with Gasteiger partial charge in [-0.05, 0) is 50.3 Å². The number of amides is 2. The van der Waals surface area contributed by atoms with E-state index in [1.807, 2.05) is 31.2 Å². The summed E-state index contributed by atoms with van der Waals surface area (Å²) < 4.78 is 6.01. The third-order valence-electron chi connectivity index (χ3n) is 4.42. The molecule has 1 aromatic heterocycles. The van der Waals surface area contributed by atoms with Gasteiger partial charge in [-0.25, -0.2) is 9.78 Å². The molecule has 0 radical (unpaired) electrons. The standard InChI is InChI=1S/C18H25N5O2/c1-13(17-20-12-21-23-17)22-18(24)19-11-14-7-9-16(10-8-14)25-15-5-3-2-4-6-15/h7-10,12-13,15H,2-6,11H2,1H3,(H2,19,22,24)(H,20,21,23)/t13-/m0/s1. The average molecular weight is 343 g/mol. The van der Waals surface area contributed by atoms with Crippen molar-refractivity contribution in [2.24, 2.45) is 0 Å². The maximum absolute atomic E-state index is 11.9. The highest BCUT2D eigenvalue weighted by atomic mass is 16.5. The second-order valence-electron chi connectivity index (χ2n) is 6.44. The molecule has 0 saturated heterocycles.